The van der Waals surface area contributed by atoms with E-state index >= 15 is 0 Å². The third-order valence-corrected chi connectivity index (χ3v) is 4.79. The third-order valence-electron chi connectivity index (χ3n) is 4.79. The molecule has 1 aromatic carbocycles. The van der Waals surface area contributed by atoms with Crippen LogP contribution in [0.25, 0.3) is 0 Å². The second kappa shape index (κ2) is 6.83. The summed E-state index contributed by atoms with van der Waals surface area (Å²) in [6, 6.07) is 15.2. The number of nitrogens with one attached hydrogen (secondary N) is 1. The number of aromatic nitrogens is 1. The lowest BCUT2D eigenvalue weighted by molar-refractivity contribution is -0.374. The average molecular weight is 306 g/mol. The molecule has 2 aromatic rings. The first-order valence-corrected chi connectivity index (χ1v) is 8.40. The van der Waals surface area contributed by atoms with Crippen LogP contribution >= 0.6 is 0 Å². The molecule has 0 saturated carbocycles. The fourth-order valence-electron chi connectivity index (χ4n) is 3.56. The lowest BCUT2D eigenvalue weighted by atomic mass is 9.90. The van der Waals surface area contributed by atoms with Gasteiger partial charge in [0.25, 0.3) is 5.82 Å². The molecule has 0 amide bonds. The van der Waals surface area contributed by atoms with Crippen molar-refractivity contribution in [3.05, 3.63) is 58.8 Å². The van der Waals surface area contributed by atoms with Gasteiger partial charge in [-0.25, -0.2) is 4.98 Å². The van der Waals surface area contributed by atoms with Gasteiger partial charge in [0, 0.05) is 0 Å². The lowest BCUT2D eigenvalue weighted by Crippen LogP contribution is -2.39. The van der Waals surface area contributed by atoms with Gasteiger partial charge in [0.2, 0.25) is 0 Å². The molecule has 3 rings (SSSR count). The molecule has 23 heavy (non-hydrogen) atoms. The van der Waals surface area contributed by atoms with Crippen LogP contribution < -0.4 is 9.88 Å². The Labute approximate surface area is 138 Å². The van der Waals surface area contributed by atoms with Gasteiger partial charge in [-0.1, -0.05) is 30.3 Å². The molecule has 1 aromatic heterocycles. The van der Waals surface area contributed by atoms with Gasteiger partial charge in [-0.05, 0) is 56.2 Å². The van der Waals surface area contributed by atoms with Crippen molar-refractivity contribution in [2.75, 3.05) is 18.0 Å². The maximum absolute atomic E-state index is 9.47. The van der Waals surface area contributed by atoms with Crippen LogP contribution in [-0.4, -0.2) is 13.1 Å². The number of hydrogen-bond acceptors (Lipinski definition) is 2. The van der Waals surface area contributed by atoms with Crippen LogP contribution in [0.2, 0.25) is 0 Å². The van der Waals surface area contributed by atoms with E-state index < -0.39 is 0 Å². The summed E-state index contributed by atoms with van der Waals surface area (Å²) in [5, 5.41) is 9.47. The van der Waals surface area contributed by atoms with E-state index in [4.69, 9.17) is 0 Å². The Bertz CT molecular complexity index is 708. The number of benzene rings is 1. The molecule has 0 atom stereocenters. The van der Waals surface area contributed by atoms with Crippen molar-refractivity contribution < 1.29 is 4.98 Å². The normalized spacial score (nSPS) is 15.4. The number of anilines is 1. The first-order valence-electron chi connectivity index (χ1n) is 8.40. The van der Waals surface area contributed by atoms with E-state index in [1.165, 1.54) is 18.4 Å². The minimum absolute atomic E-state index is 0.741. The van der Waals surface area contributed by atoms with Crippen molar-refractivity contribution in [2.45, 2.75) is 33.1 Å². The predicted molar refractivity (Wildman–Crippen MR) is 92.3 cm³/mol. The van der Waals surface area contributed by atoms with Crippen LogP contribution in [0.15, 0.2) is 36.4 Å². The van der Waals surface area contributed by atoms with E-state index in [9.17, 15) is 5.26 Å². The highest BCUT2D eigenvalue weighted by molar-refractivity contribution is 5.54. The van der Waals surface area contributed by atoms with Crippen LogP contribution in [0.3, 0.4) is 0 Å². The zero-order valence-corrected chi connectivity index (χ0v) is 14.0. The van der Waals surface area contributed by atoms with Crippen LogP contribution in [0.5, 0.6) is 0 Å². The number of pyridine rings is 1. The molecule has 1 N–H and O–H groups in total. The van der Waals surface area contributed by atoms with Gasteiger partial charge in [-0.2, -0.15) is 5.26 Å². The smallest absolute Gasteiger partial charge is 0.261 e. The Morgan fingerprint density at radius 2 is 1.87 bits per heavy atom. The van der Waals surface area contributed by atoms with E-state index in [-0.39, 0.29) is 0 Å². The van der Waals surface area contributed by atoms with Crippen LogP contribution in [0.4, 0.5) is 5.82 Å². The number of aromatic amines is 1. The molecule has 2 heterocycles. The molecule has 0 unspecified atom stereocenters. The van der Waals surface area contributed by atoms with E-state index in [0.29, 0.717) is 0 Å². The first kappa shape index (κ1) is 15.6. The molecular weight excluding hydrogens is 282 g/mol. The number of rotatable bonds is 3. The molecule has 1 aliphatic heterocycles. The van der Waals surface area contributed by atoms with Gasteiger partial charge in [0.15, 0.2) is 0 Å². The Kier molecular flexibility index (Phi) is 4.62. The van der Waals surface area contributed by atoms with Crippen molar-refractivity contribution in [3.8, 4) is 6.07 Å². The minimum atomic E-state index is 0.741. The van der Waals surface area contributed by atoms with Crippen molar-refractivity contribution in [1.82, 2.24) is 0 Å². The molecule has 3 heteroatoms. The summed E-state index contributed by atoms with van der Waals surface area (Å²) in [6.45, 7) is 6.11. The number of hydrogen-bond donors (Lipinski definition) is 0. The second-order valence-electron chi connectivity index (χ2n) is 6.59. The number of H-pyrrole nitrogens is 1. The summed E-state index contributed by atoms with van der Waals surface area (Å²) in [4.78, 5) is 5.75. The molecule has 3 nitrogen and oxygen atoms in total. The predicted octanol–water partition coefficient (Wildman–Crippen LogP) is 3.45. The summed E-state index contributed by atoms with van der Waals surface area (Å²) < 4.78 is 0. The molecule has 0 bridgehead atoms. The topological polar surface area (TPSA) is 41.2 Å². The van der Waals surface area contributed by atoms with Gasteiger partial charge in [-0.15, -0.1) is 0 Å². The van der Waals surface area contributed by atoms with Gasteiger partial charge >= 0.3 is 0 Å². The molecule has 0 radical (unpaired) electrons. The van der Waals surface area contributed by atoms with Gasteiger partial charge in [-0.3, -0.25) is 4.90 Å². The standard InChI is InChI=1S/C20H23N3/c1-15-12-16(2)22-20(19(15)14-21)23-10-8-18(9-11-23)13-17-6-4-3-5-7-17/h3-7,12,18H,8-11,13H2,1-2H3/p+1. The molecule has 1 aliphatic rings. The fourth-order valence-corrected chi connectivity index (χ4v) is 3.56. The Hall–Kier alpha value is -2.34. The highest BCUT2D eigenvalue weighted by Gasteiger charge is 2.28. The Morgan fingerprint density at radius 3 is 2.52 bits per heavy atom. The zero-order chi connectivity index (χ0) is 16.2. The van der Waals surface area contributed by atoms with Crippen molar-refractivity contribution in [2.24, 2.45) is 5.92 Å². The summed E-state index contributed by atoms with van der Waals surface area (Å²) in [5.41, 5.74) is 4.40. The summed E-state index contributed by atoms with van der Waals surface area (Å²) in [7, 11) is 0. The summed E-state index contributed by atoms with van der Waals surface area (Å²) >= 11 is 0. The molecule has 1 saturated heterocycles. The Morgan fingerprint density at radius 1 is 1.17 bits per heavy atom. The van der Waals surface area contributed by atoms with E-state index in [1.807, 2.05) is 13.0 Å². The molecule has 0 spiro atoms. The SMILES string of the molecule is Cc1cc(C)c(C#N)c(N2CCC(Cc3ccccc3)CC2)[nH+]1. The maximum Gasteiger partial charge on any atom is 0.292 e. The van der Waals surface area contributed by atoms with E-state index in [0.717, 1.165) is 48.1 Å². The third kappa shape index (κ3) is 3.53. The Balaban J connectivity index is 1.69. The number of nitrogens with zero attached hydrogens (tertiary/aromatic N) is 2. The van der Waals surface area contributed by atoms with Gasteiger partial charge < -0.3 is 0 Å². The molecule has 118 valence electrons. The summed E-state index contributed by atoms with van der Waals surface area (Å²) in [5.74, 6) is 1.74. The largest absolute Gasteiger partial charge is 0.292 e. The first-order chi connectivity index (χ1) is 11.2. The maximum atomic E-state index is 9.47. The second-order valence-corrected chi connectivity index (χ2v) is 6.59. The fraction of sp³-hybridized carbons (Fsp3) is 0.400. The van der Waals surface area contributed by atoms with Gasteiger partial charge in [0.05, 0.1) is 18.8 Å². The average Bonchev–Trinajstić information content (AvgIpc) is 2.56. The van der Waals surface area contributed by atoms with Crippen molar-refractivity contribution in [1.29, 1.82) is 5.26 Å². The van der Waals surface area contributed by atoms with Crippen molar-refractivity contribution >= 4 is 5.82 Å². The minimum Gasteiger partial charge on any atom is -0.261 e. The highest BCUT2D eigenvalue weighted by Crippen LogP contribution is 2.26. The lowest BCUT2D eigenvalue weighted by Gasteiger charge is -2.28. The zero-order valence-electron chi connectivity index (χ0n) is 14.0. The van der Waals surface area contributed by atoms with Crippen molar-refractivity contribution in [3.63, 3.8) is 0 Å². The van der Waals surface area contributed by atoms with E-state index in [1.54, 1.807) is 0 Å². The van der Waals surface area contributed by atoms with Gasteiger partial charge in [0.1, 0.15) is 11.6 Å². The number of aryl methyl sites for hydroxylation is 2. The quantitative estimate of drug-likeness (QED) is 0.871. The molecular formula is C20H24N3+. The van der Waals surface area contributed by atoms with Crippen LogP contribution in [0, 0.1) is 31.1 Å². The van der Waals surface area contributed by atoms with E-state index in [2.05, 4.69) is 53.2 Å². The van der Waals surface area contributed by atoms with Crippen LogP contribution in [0.1, 0.15) is 35.2 Å². The number of nitriles is 1. The molecule has 0 aliphatic carbocycles. The number of piperidine rings is 1. The van der Waals surface area contributed by atoms with Crippen LogP contribution in [-0.2, 0) is 6.42 Å². The highest BCUT2D eigenvalue weighted by atomic mass is 15.2. The summed E-state index contributed by atoms with van der Waals surface area (Å²) in [6.07, 6.45) is 3.53. The monoisotopic (exact) mass is 306 g/mol. The molecule has 1 fully saturated rings.